The number of aryl methyl sites for hydroxylation is 2. The second-order valence-electron chi connectivity index (χ2n) is 5.33. The van der Waals surface area contributed by atoms with E-state index in [0.29, 0.717) is 0 Å². The molecule has 0 aliphatic carbocycles. The second kappa shape index (κ2) is 5.74. The van der Waals surface area contributed by atoms with Crippen molar-refractivity contribution in [3.8, 4) is 0 Å². The van der Waals surface area contributed by atoms with E-state index >= 15 is 0 Å². The number of furan rings is 1. The van der Waals surface area contributed by atoms with Gasteiger partial charge in [0.15, 0.2) is 0 Å². The molecule has 4 nitrogen and oxygen atoms in total. The number of rotatable bonds is 5. The van der Waals surface area contributed by atoms with Crippen molar-refractivity contribution < 1.29 is 4.42 Å². The third kappa shape index (κ3) is 2.59. The number of nitrogens with zero attached hydrogens (tertiary/aromatic N) is 2. The SMILES string of the molecule is CCNC(Cc1nn(C)c2ccccc12)c1ccoc1C. The summed E-state index contributed by atoms with van der Waals surface area (Å²) in [7, 11) is 2.00. The average molecular weight is 283 g/mol. The topological polar surface area (TPSA) is 43.0 Å². The van der Waals surface area contributed by atoms with E-state index in [2.05, 4.69) is 36.5 Å². The van der Waals surface area contributed by atoms with Crippen molar-refractivity contribution in [3.63, 3.8) is 0 Å². The predicted octanol–water partition coefficient (Wildman–Crippen LogP) is 3.37. The molecule has 0 aliphatic rings. The smallest absolute Gasteiger partial charge is 0.105 e. The zero-order valence-electron chi connectivity index (χ0n) is 12.8. The van der Waals surface area contributed by atoms with Crippen LogP contribution in [0.2, 0.25) is 0 Å². The highest BCUT2D eigenvalue weighted by molar-refractivity contribution is 5.81. The van der Waals surface area contributed by atoms with E-state index in [1.165, 1.54) is 16.5 Å². The normalized spacial score (nSPS) is 12.9. The largest absolute Gasteiger partial charge is 0.469 e. The van der Waals surface area contributed by atoms with Crippen LogP contribution in [0.1, 0.15) is 30.0 Å². The molecule has 1 atom stereocenters. The molecule has 2 heterocycles. The monoisotopic (exact) mass is 283 g/mol. The Labute approximate surface area is 124 Å². The van der Waals surface area contributed by atoms with E-state index in [9.17, 15) is 0 Å². The predicted molar refractivity (Wildman–Crippen MR) is 84.3 cm³/mol. The zero-order valence-corrected chi connectivity index (χ0v) is 12.8. The van der Waals surface area contributed by atoms with Crippen LogP contribution in [-0.2, 0) is 13.5 Å². The minimum atomic E-state index is 0.229. The van der Waals surface area contributed by atoms with Gasteiger partial charge < -0.3 is 9.73 Å². The van der Waals surface area contributed by atoms with Gasteiger partial charge in [-0.25, -0.2) is 0 Å². The van der Waals surface area contributed by atoms with Crippen LogP contribution in [0.15, 0.2) is 41.0 Å². The third-order valence-electron chi connectivity index (χ3n) is 3.96. The molecule has 4 heteroatoms. The number of fused-ring (bicyclic) bond motifs is 1. The molecule has 0 saturated carbocycles. The quantitative estimate of drug-likeness (QED) is 0.780. The van der Waals surface area contributed by atoms with Crippen LogP contribution in [0.5, 0.6) is 0 Å². The van der Waals surface area contributed by atoms with E-state index in [-0.39, 0.29) is 6.04 Å². The zero-order chi connectivity index (χ0) is 14.8. The highest BCUT2D eigenvalue weighted by Crippen LogP contribution is 2.26. The highest BCUT2D eigenvalue weighted by Gasteiger charge is 2.18. The lowest BCUT2D eigenvalue weighted by atomic mass is 10.0. The van der Waals surface area contributed by atoms with Crippen LogP contribution < -0.4 is 5.32 Å². The van der Waals surface area contributed by atoms with Crippen molar-refractivity contribution in [1.29, 1.82) is 0 Å². The van der Waals surface area contributed by atoms with Crippen molar-refractivity contribution in [1.82, 2.24) is 15.1 Å². The molecule has 3 rings (SSSR count). The van der Waals surface area contributed by atoms with Gasteiger partial charge in [0.2, 0.25) is 0 Å². The lowest BCUT2D eigenvalue weighted by molar-refractivity contribution is 0.499. The van der Waals surface area contributed by atoms with Gasteiger partial charge in [0.25, 0.3) is 0 Å². The van der Waals surface area contributed by atoms with Crippen molar-refractivity contribution in [2.45, 2.75) is 26.3 Å². The van der Waals surface area contributed by atoms with Crippen LogP contribution in [0, 0.1) is 6.92 Å². The molecule has 0 spiro atoms. The number of benzene rings is 1. The van der Waals surface area contributed by atoms with Gasteiger partial charge in [0.05, 0.1) is 17.5 Å². The van der Waals surface area contributed by atoms with Gasteiger partial charge in [-0.3, -0.25) is 4.68 Å². The van der Waals surface area contributed by atoms with Gasteiger partial charge in [-0.05, 0) is 25.6 Å². The number of nitrogens with one attached hydrogen (secondary N) is 1. The maximum absolute atomic E-state index is 5.46. The molecule has 2 aromatic heterocycles. The molecule has 110 valence electrons. The van der Waals surface area contributed by atoms with Crippen LogP contribution in [0.25, 0.3) is 10.9 Å². The minimum absolute atomic E-state index is 0.229. The molecular weight excluding hydrogens is 262 g/mol. The molecule has 0 fully saturated rings. The molecule has 1 unspecified atom stereocenters. The molecule has 1 aromatic carbocycles. The Hall–Kier alpha value is -2.07. The summed E-state index contributed by atoms with van der Waals surface area (Å²) in [4.78, 5) is 0. The van der Waals surface area contributed by atoms with E-state index in [0.717, 1.165) is 24.4 Å². The minimum Gasteiger partial charge on any atom is -0.469 e. The van der Waals surface area contributed by atoms with E-state index in [1.807, 2.05) is 24.7 Å². The second-order valence-corrected chi connectivity index (χ2v) is 5.33. The first-order chi connectivity index (χ1) is 10.2. The molecule has 0 aliphatic heterocycles. The van der Waals surface area contributed by atoms with Crippen molar-refractivity contribution in [2.24, 2.45) is 7.05 Å². The fourth-order valence-corrected chi connectivity index (χ4v) is 2.93. The summed E-state index contributed by atoms with van der Waals surface area (Å²) in [5, 5.41) is 9.46. The van der Waals surface area contributed by atoms with Gasteiger partial charge >= 0.3 is 0 Å². The van der Waals surface area contributed by atoms with Crippen LogP contribution in [-0.4, -0.2) is 16.3 Å². The molecule has 0 saturated heterocycles. The highest BCUT2D eigenvalue weighted by atomic mass is 16.3. The lowest BCUT2D eigenvalue weighted by Crippen LogP contribution is -2.23. The molecule has 21 heavy (non-hydrogen) atoms. The Kier molecular flexibility index (Phi) is 3.80. The lowest BCUT2D eigenvalue weighted by Gasteiger charge is -2.16. The Bertz CT molecular complexity index is 741. The molecule has 1 N–H and O–H groups in total. The number of likely N-dealkylation sites (N-methyl/N-ethyl adjacent to an activating group) is 1. The van der Waals surface area contributed by atoms with Crippen molar-refractivity contribution >= 4 is 10.9 Å². The number of hydrogen-bond acceptors (Lipinski definition) is 3. The number of para-hydroxylation sites is 1. The molecule has 0 amide bonds. The van der Waals surface area contributed by atoms with Crippen molar-refractivity contribution in [2.75, 3.05) is 6.54 Å². The van der Waals surface area contributed by atoms with Crippen LogP contribution in [0.3, 0.4) is 0 Å². The fourth-order valence-electron chi connectivity index (χ4n) is 2.93. The number of hydrogen-bond donors (Lipinski definition) is 1. The summed E-state index contributed by atoms with van der Waals surface area (Å²) < 4.78 is 7.41. The summed E-state index contributed by atoms with van der Waals surface area (Å²) in [5.74, 6) is 0.973. The maximum Gasteiger partial charge on any atom is 0.105 e. The third-order valence-corrected chi connectivity index (χ3v) is 3.96. The summed E-state index contributed by atoms with van der Waals surface area (Å²) >= 11 is 0. The maximum atomic E-state index is 5.46. The molecule has 0 radical (unpaired) electrons. The molecule has 0 bridgehead atoms. The fraction of sp³-hybridized carbons (Fsp3) is 0.353. The summed E-state index contributed by atoms with van der Waals surface area (Å²) in [6, 6.07) is 10.6. The summed E-state index contributed by atoms with van der Waals surface area (Å²) in [6.45, 7) is 5.05. The van der Waals surface area contributed by atoms with Gasteiger partial charge in [0, 0.05) is 30.5 Å². The first-order valence-corrected chi connectivity index (χ1v) is 7.38. The van der Waals surface area contributed by atoms with Gasteiger partial charge in [-0.2, -0.15) is 5.10 Å². The molecular formula is C17H21N3O. The van der Waals surface area contributed by atoms with Gasteiger partial charge in [-0.15, -0.1) is 0 Å². The Morgan fingerprint density at radius 2 is 2.10 bits per heavy atom. The van der Waals surface area contributed by atoms with Crippen LogP contribution >= 0.6 is 0 Å². The summed E-state index contributed by atoms with van der Waals surface area (Å²) in [5.41, 5.74) is 3.51. The summed E-state index contributed by atoms with van der Waals surface area (Å²) in [6.07, 6.45) is 2.61. The van der Waals surface area contributed by atoms with E-state index in [1.54, 1.807) is 6.26 Å². The standard InChI is InChI=1S/C17H21N3O/c1-4-18-15(13-9-10-21-12(13)2)11-16-14-7-5-6-8-17(14)20(3)19-16/h5-10,15,18H,4,11H2,1-3H3. The average Bonchev–Trinajstić information content (AvgIpc) is 3.04. The first-order valence-electron chi connectivity index (χ1n) is 7.38. The van der Waals surface area contributed by atoms with E-state index < -0.39 is 0 Å². The van der Waals surface area contributed by atoms with Crippen molar-refractivity contribution in [3.05, 3.63) is 53.6 Å². The van der Waals surface area contributed by atoms with Gasteiger partial charge in [0.1, 0.15) is 5.76 Å². The Morgan fingerprint density at radius 3 is 2.81 bits per heavy atom. The first kappa shape index (κ1) is 13.9. The van der Waals surface area contributed by atoms with Gasteiger partial charge in [-0.1, -0.05) is 25.1 Å². The number of aromatic nitrogens is 2. The van der Waals surface area contributed by atoms with Crippen LogP contribution in [0.4, 0.5) is 0 Å². The molecule has 3 aromatic rings. The van der Waals surface area contributed by atoms with E-state index in [4.69, 9.17) is 9.52 Å². The Morgan fingerprint density at radius 1 is 1.29 bits per heavy atom. The Balaban J connectivity index is 1.97.